The van der Waals surface area contributed by atoms with Crippen LogP contribution in [0.3, 0.4) is 0 Å². The normalized spacial score (nSPS) is 13.2. The summed E-state index contributed by atoms with van der Waals surface area (Å²) >= 11 is 0. The first-order chi connectivity index (χ1) is 40.8. The van der Waals surface area contributed by atoms with Gasteiger partial charge in [-0.05, 0) is 107 Å². The molecule has 11 rings (SSSR count). The van der Waals surface area contributed by atoms with Gasteiger partial charge < -0.3 is 27.8 Å². The second-order valence-electron chi connectivity index (χ2n) is 20.4. The van der Waals surface area contributed by atoms with Crippen molar-refractivity contribution in [2.75, 3.05) is 14.2 Å². The largest absolute Gasteiger partial charge is 0.480 e. The number of hydrogen-bond donors (Lipinski definition) is 6. The number of hydrogen-bond acceptors (Lipinski definition) is 21. The highest BCUT2D eigenvalue weighted by Gasteiger charge is 2.32. The lowest BCUT2D eigenvalue weighted by Gasteiger charge is -2.19. The average Bonchev–Trinajstić information content (AvgIpc) is 2.77. The molecule has 0 amide bonds. The van der Waals surface area contributed by atoms with Gasteiger partial charge in [-0.25, -0.2) is 25.3 Å². The minimum atomic E-state index is -4.05. The number of aromatic amines is 2. The number of sulfonamides is 3. The van der Waals surface area contributed by atoms with Crippen molar-refractivity contribution in [3.05, 3.63) is 115 Å². The Hall–Kier alpha value is -9.51. The molecular weight excluding hydrogens is 1180 g/mol. The lowest BCUT2D eigenvalue weighted by Crippen LogP contribution is -2.44. The molecule has 0 saturated heterocycles. The molecular formula is C56H54N12O15S3. The fourth-order valence-electron chi connectivity index (χ4n) is 9.03. The van der Waals surface area contributed by atoms with Crippen LogP contribution in [0.15, 0.2) is 137 Å². The van der Waals surface area contributed by atoms with Crippen LogP contribution in [0.5, 0.6) is 0 Å². The molecule has 0 aliphatic heterocycles. The zero-order chi connectivity index (χ0) is 62.0. The third-order valence-corrected chi connectivity index (χ3v) is 17.9. The predicted octanol–water partition coefficient (Wildman–Crippen LogP) is 7.33. The molecule has 27 nitrogen and oxygen atoms in total. The highest BCUT2D eigenvalue weighted by molar-refractivity contribution is 7.90. The Morgan fingerprint density at radius 1 is 0.488 bits per heavy atom. The van der Waals surface area contributed by atoms with Gasteiger partial charge in [0.15, 0.2) is 0 Å². The zero-order valence-corrected chi connectivity index (χ0v) is 49.3. The van der Waals surface area contributed by atoms with Crippen LogP contribution < -0.4 is 14.2 Å². The summed E-state index contributed by atoms with van der Waals surface area (Å²) in [5.41, 5.74) is 4.60. The molecule has 3 atom stereocenters. The monoisotopic (exact) mass is 1230 g/mol. The highest BCUT2D eigenvalue weighted by Crippen LogP contribution is 2.35. The van der Waals surface area contributed by atoms with E-state index in [1.165, 1.54) is 50.6 Å². The van der Waals surface area contributed by atoms with E-state index in [1.54, 1.807) is 90.1 Å². The van der Waals surface area contributed by atoms with E-state index in [0.29, 0.717) is 61.8 Å². The van der Waals surface area contributed by atoms with Crippen LogP contribution in [0.25, 0.3) is 88.6 Å². The molecule has 0 aliphatic rings. The predicted molar refractivity (Wildman–Crippen MR) is 311 cm³/mol. The lowest BCUT2D eigenvalue weighted by molar-refractivity contribution is -0.144. The molecule has 30 heteroatoms. The number of carboxylic acids is 1. The maximum absolute atomic E-state index is 12.8. The number of nitrogens with one attached hydrogen (secondary N) is 5. The van der Waals surface area contributed by atoms with Crippen LogP contribution in [-0.2, 0) is 53.9 Å². The number of esters is 2. The standard InChI is InChI=1S/C19H19N5O5S.C19H18N2O5S.C18H17N5O5S/c1-10(2)17(19(25)28-3)22-30(26,27)12-5-7-14-13-6-4-11(18-20-23-24-21-18)8-15(13)29-16(14)9-12;1-11(2)18(19(22)25-3)21-27(23,24)13-5-7-15-14-6-4-12(10-20)8-16(14)26-17(15)9-13;1-9(2)16(18(24)25)21-29(26,27)11-4-6-13-12-5-3-10(17-19-22-23-20-17)7-14(12)28-15(13)8-11/h4-10,17,22H,1-3H3,(H,20,21,23,24);4-9,11,18,21H,1-3H3;3-9,16,21H,1-2H3,(H,24,25)(H,19,20,22,23)/t17-;18-;16-/m000/s1. The van der Waals surface area contributed by atoms with Gasteiger partial charge in [0.05, 0.1) is 40.5 Å². The Kier molecular flexibility index (Phi) is 17.5. The van der Waals surface area contributed by atoms with Crippen LogP contribution in [-0.4, -0.2) is 122 Å². The van der Waals surface area contributed by atoms with E-state index < -0.39 is 72.0 Å². The number of nitrogens with zero attached hydrogens (tertiary/aromatic N) is 7. The SMILES string of the molecule is CC(C)[C@H](NS(=O)(=O)c1ccc2c(c1)oc1cc(-c3nn[nH]n3)ccc12)C(=O)O.COC(=O)[C@@H](NS(=O)(=O)c1ccc2c(c1)oc1cc(-c3nn[nH]n3)ccc12)C(C)C.COC(=O)[C@@H](NS(=O)(=O)c1ccc2c(c1)oc1cc(C#N)ccc12)C(C)C. The summed E-state index contributed by atoms with van der Waals surface area (Å²) in [6, 6.07) is 28.2. The van der Waals surface area contributed by atoms with Gasteiger partial charge in [-0.3, -0.25) is 14.4 Å². The Morgan fingerprint density at radius 2 is 0.802 bits per heavy atom. The summed E-state index contributed by atoms with van der Waals surface area (Å²) in [5.74, 6) is -2.68. The van der Waals surface area contributed by atoms with Gasteiger partial charge in [-0.1, -0.05) is 53.7 Å². The van der Waals surface area contributed by atoms with E-state index in [4.69, 9.17) is 23.3 Å². The molecule has 86 heavy (non-hydrogen) atoms. The molecule has 446 valence electrons. The molecule has 0 saturated carbocycles. The second-order valence-corrected chi connectivity index (χ2v) is 25.6. The molecule has 0 aliphatic carbocycles. The maximum atomic E-state index is 12.8. The van der Waals surface area contributed by atoms with Gasteiger partial charge in [0.2, 0.25) is 41.7 Å². The number of carbonyl (C=O) groups excluding carboxylic acids is 2. The molecule has 6 N–H and O–H groups in total. The first-order valence-electron chi connectivity index (χ1n) is 26.0. The van der Waals surface area contributed by atoms with E-state index >= 15 is 0 Å². The molecule has 6 aromatic carbocycles. The third kappa shape index (κ3) is 12.8. The van der Waals surface area contributed by atoms with E-state index in [0.717, 1.165) is 32.3 Å². The Morgan fingerprint density at radius 3 is 1.10 bits per heavy atom. The first kappa shape index (κ1) is 61.1. The third-order valence-electron chi connectivity index (χ3n) is 13.6. The van der Waals surface area contributed by atoms with Crippen LogP contribution >= 0.6 is 0 Å². The summed E-state index contributed by atoms with van der Waals surface area (Å²) in [5, 5.41) is 50.5. The maximum Gasteiger partial charge on any atom is 0.324 e. The number of nitriles is 1. The highest BCUT2D eigenvalue weighted by atomic mass is 32.2. The molecule has 5 heterocycles. The summed E-state index contributed by atoms with van der Waals surface area (Å²) in [7, 11) is -9.56. The molecule has 5 aromatic heterocycles. The van der Waals surface area contributed by atoms with Gasteiger partial charge in [0, 0.05) is 61.6 Å². The van der Waals surface area contributed by atoms with Crippen molar-refractivity contribution >= 4 is 114 Å². The van der Waals surface area contributed by atoms with Crippen molar-refractivity contribution in [2.24, 2.45) is 17.8 Å². The van der Waals surface area contributed by atoms with Crippen molar-refractivity contribution in [3.8, 4) is 28.8 Å². The number of methoxy groups -OCH3 is 2. The van der Waals surface area contributed by atoms with Gasteiger partial charge in [0.1, 0.15) is 51.6 Å². The van der Waals surface area contributed by atoms with E-state index in [2.05, 4.69) is 60.2 Å². The number of carboxylic acid groups (broad SMARTS) is 1. The number of benzene rings is 6. The lowest BCUT2D eigenvalue weighted by atomic mass is 10.1. The minimum absolute atomic E-state index is 0.0120. The van der Waals surface area contributed by atoms with Crippen molar-refractivity contribution in [3.63, 3.8) is 0 Å². The van der Waals surface area contributed by atoms with Crippen LogP contribution in [0.1, 0.15) is 47.1 Å². The van der Waals surface area contributed by atoms with E-state index in [1.807, 2.05) is 30.3 Å². The fraction of sp³-hybridized carbons (Fsp3) is 0.250. The molecule has 0 radical (unpaired) electrons. The fourth-order valence-corrected chi connectivity index (χ4v) is 13.1. The smallest absolute Gasteiger partial charge is 0.324 e. The van der Waals surface area contributed by atoms with Crippen molar-refractivity contribution < 1.29 is 67.5 Å². The number of rotatable bonds is 17. The van der Waals surface area contributed by atoms with Gasteiger partial charge in [-0.15, -0.1) is 20.4 Å². The zero-order valence-electron chi connectivity index (χ0n) is 46.9. The molecule has 0 bridgehead atoms. The number of H-pyrrole nitrogens is 2. The van der Waals surface area contributed by atoms with Gasteiger partial charge in [0.25, 0.3) is 0 Å². The number of fused-ring (bicyclic) bond motifs is 9. The molecule has 0 fully saturated rings. The van der Waals surface area contributed by atoms with Crippen molar-refractivity contribution in [1.29, 1.82) is 5.26 Å². The van der Waals surface area contributed by atoms with E-state index in [9.17, 15) is 44.7 Å². The average molecular weight is 1230 g/mol. The van der Waals surface area contributed by atoms with Crippen molar-refractivity contribution in [2.45, 2.75) is 74.4 Å². The topological polar surface area (TPSA) is 401 Å². The Bertz CT molecular complexity index is 4770. The Balaban J connectivity index is 0.000000154. The number of carbonyl (C=O) groups is 3. The minimum Gasteiger partial charge on any atom is -0.480 e. The summed E-state index contributed by atoms with van der Waals surface area (Å²) in [6.07, 6.45) is 0. The Labute approximate surface area is 489 Å². The number of tetrazole rings is 2. The number of furan rings is 3. The quantitative estimate of drug-likeness (QED) is 0.0486. The molecule has 11 aromatic rings. The first-order valence-corrected chi connectivity index (χ1v) is 30.5. The van der Waals surface area contributed by atoms with Crippen LogP contribution in [0.2, 0.25) is 0 Å². The van der Waals surface area contributed by atoms with Crippen molar-refractivity contribution in [1.82, 2.24) is 55.4 Å². The number of aromatic nitrogens is 8. The van der Waals surface area contributed by atoms with Gasteiger partial charge in [-0.2, -0.15) is 29.9 Å². The number of aliphatic carboxylic acids is 1. The van der Waals surface area contributed by atoms with Crippen LogP contribution in [0, 0.1) is 29.1 Å². The molecule has 0 unspecified atom stereocenters. The van der Waals surface area contributed by atoms with Crippen LogP contribution in [0.4, 0.5) is 0 Å². The van der Waals surface area contributed by atoms with Gasteiger partial charge >= 0.3 is 17.9 Å². The summed E-state index contributed by atoms with van der Waals surface area (Å²) < 4.78 is 110. The molecule has 0 spiro atoms. The summed E-state index contributed by atoms with van der Waals surface area (Å²) in [4.78, 5) is 35.0. The second kappa shape index (κ2) is 24.6. The number of ether oxygens (including phenoxy) is 2. The van der Waals surface area contributed by atoms with E-state index in [-0.39, 0.29) is 26.5 Å². The summed E-state index contributed by atoms with van der Waals surface area (Å²) in [6.45, 7) is 10.2.